The molecule has 0 aromatic heterocycles. The van der Waals surface area contributed by atoms with Crippen LogP contribution in [-0.2, 0) is 6.18 Å². The largest absolute Gasteiger partial charge is 0.478 e. The zero-order chi connectivity index (χ0) is 19.3. The van der Waals surface area contributed by atoms with Gasteiger partial charge in [0, 0.05) is 5.39 Å². The van der Waals surface area contributed by atoms with Crippen LogP contribution in [0.25, 0.3) is 10.8 Å². The first kappa shape index (κ1) is 19.3. The minimum Gasteiger partial charge on any atom is -0.478 e. The van der Waals surface area contributed by atoms with Crippen LogP contribution in [-0.4, -0.2) is 11.1 Å². The van der Waals surface area contributed by atoms with Crippen LogP contribution < -0.4 is 4.74 Å². The Morgan fingerprint density at radius 2 is 1.62 bits per heavy atom. The van der Waals surface area contributed by atoms with E-state index in [1.54, 1.807) is 24.3 Å². The predicted octanol–water partition coefficient (Wildman–Crippen LogP) is 6.38. The molecule has 3 nitrogen and oxygen atoms in total. The number of carboxylic acid groups (broad SMARTS) is 1. The lowest BCUT2D eigenvalue weighted by atomic mass is 10.1. The predicted molar refractivity (Wildman–Crippen MR) is 93.8 cm³/mol. The smallest absolute Gasteiger partial charge is 0.416 e. The second-order valence-corrected chi connectivity index (χ2v) is 5.12. The summed E-state index contributed by atoms with van der Waals surface area (Å²) in [7, 11) is 0. The van der Waals surface area contributed by atoms with Crippen LogP contribution >= 0.6 is 0 Å². The van der Waals surface area contributed by atoms with Crippen molar-refractivity contribution in [1.82, 2.24) is 0 Å². The summed E-state index contributed by atoms with van der Waals surface area (Å²) in [5.41, 5.74) is -0.604. The Kier molecular flexibility index (Phi) is 5.87. The van der Waals surface area contributed by atoms with Crippen molar-refractivity contribution in [1.29, 1.82) is 0 Å². The third-order valence-corrected chi connectivity index (χ3v) is 3.50. The number of ether oxygens (including phenoxy) is 1. The van der Waals surface area contributed by atoms with Crippen molar-refractivity contribution in [2.75, 3.05) is 0 Å². The topological polar surface area (TPSA) is 46.5 Å². The first-order valence-electron chi connectivity index (χ1n) is 7.96. The Hall–Kier alpha value is -3.02. The van der Waals surface area contributed by atoms with Crippen molar-refractivity contribution >= 4 is 16.7 Å². The first-order chi connectivity index (χ1) is 12.3. The molecule has 0 unspecified atom stereocenters. The molecule has 0 radical (unpaired) electrons. The molecule has 3 aromatic rings. The standard InChI is InChI=1S/C18H11F3O3.C2H6/c19-18(20,21)13-5-7-14(8-6-13)24-16-3-1-2-11-10-12(17(22)23)4-9-15(11)16;1-2/h1-10H,(H,22,23);1-2H3. The molecule has 0 spiro atoms. The minimum atomic E-state index is -4.40. The summed E-state index contributed by atoms with van der Waals surface area (Å²) in [6.07, 6.45) is -4.40. The number of halogens is 3. The lowest BCUT2D eigenvalue weighted by Gasteiger charge is -2.11. The van der Waals surface area contributed by atoms with Crippen molar-refractivity contribution in [3.63, 3.8) is 0 Å². The normalized spacial score (nSPS) is 10.8. The Morgan fingerprint density at radius 3 is 2.19 bits per heavy atom. The molecule has 0 atom stereocenters. The van der Waals surface area contributed by atoms with Gasteiger partial charge in [-0.3, -0.25) is 0 Å². The van der Waals surface area contributed by atoms with Gasteiger partial charge in [-0.25, -0.2) is 4.79 Å². The number of carbonyl (C=O) groups is 1. The van der Waals surface area contributed by atoms with E-state index < -0.39 is 17.7 Å². The highest BCUT2D eigenvalue weighted by Gasteiger charge is 2.30. The van der Waals surface area contributed by atoms with Crippen molar-refractivity contribution in [3.05, 3.63) is 71.8 Å². The molecule has 0 aliphatic carbocycles. The van der Waals surface area contributed by atoms with E-state index in [4.69, 9.17) is 9.84 Å². The van der Waals surface area contributed by atoms with Crippen LogP contribution in [0, 0.1) is 0 Å². The molecule has 1 N–H and O–H groups in total. The van der Waals surface area contributed by atoms with Gasteiger partial charge in [0.15, 0.2) is 0 Å². The third kappa shape index (κ3) is 4.33. The molecule has 0 aliphatic rings. The van der Waals surface area contributed by atoms with Crippen LogP contribution in [0.1, 0.15) is 29.8 Å². The average molecular weight is 362 g/mol. The van der Waals surface area contributed by atoms with Gasteiger partial charge in [0.1, 0.15) is 11.5 Å². The molecular formula is C20H17F3O3. The van der Waals surface area contributed by atoms with E-state index in [1.807, 2.05) is 13.8 Å². The van der Waals surface area contributed by atoms with Gasteiger partial charge in [0.05, 0.1) is 11.1 Å². The average Bonchev–Trinajstić information content (AvgIpc) is 2.63. The van der Waals surface area contributed by atoms with E-state index in [1.165, 1.54) is 24.3 Å². The van der Waals surface area contributed by atoms with E-state index in [9.17, 15) is 18.0 Å². The van der Waals surface area contributed by atoms with Gasteiger partial charge < -0.3 is 9.84 Å². The molecule has 0 fully saturated rings. The summed E-state index contributed by atoms with van der Waals surface area (Å²) in [5.74, 6) is -0.340. The lowest BCUT2D eigenvalue weighted by molar-refractivity contribution is -0.137. The quantitative estimate of drug-likeness (QED) is 0.588. The Morgan fingerprint density at radius 1 is 0.962 bits per heavy atom. The molecule has 0 amide bonds. The molecule has 0 saturated carbocycles. The van der Waals surface area contributed by atoms with Crippen LogP contribution in [0.2, 0.25) is 0 Å². The number of carboxylic acids is 1. The Balaban J connectivity index is 0.00000117. The molecule has 6 heteroatoms. The van der Waals surface area contributed by atoms with Crippen LogP contribution in [0.5, 0.6) is 11.5 Å². The van der Waals surface area contributed by atoms with Gasteiger partial charge >= 0.3 is 12.1 Å². The number of hydrogen-bond acceptors (Lipinski definition) is 2. The maximum absolute atomic E-state index is 12.6. The first-order valence-corrected chi connectivity index (χ1v) is 7.96. The second-order valence-electron chi connectivity index (χ2n) is 5.12. The van der Waals surface area contributed by atoms with Crippen molar-refractivity contribution in [2.24, 2.45) is 0 Å². The Bertz CT molecular complexity index is 900. The third-order valence-electron chi connectivity index (χ3n) is 3.50. The number of benzene rings is 3. The molecule has 0 saturated heterocycles. The Labute approximate surface area is 148 Å². The number of fused-ring (bicyclic) bond motifs is 1. The summed E-state index contributed by atoms with van der Waals surface area (Å²) in [6.45, 7) is 4.00. The molecule has 0 heterocycles. The zero-order valence-electron chi connectivity index (χ0n) is 14.2. The highest BCUT2D eigenvalue weighted by molar-refractivity contribution is 5.96. The van der Waals surface area contributed by atoms with Crippen molar-refractivity contribution in [3.8, 4) is 11.5 Å². The number of hydrogen-bond donors (Lipinski definition) is 1. The van der Waals surface area contributed by atoms with E-state index in [0.29, 0.717) is 16.5 Å². The van der Waals surface area contributed by atoms with Gasteiger partial charge in [-0.15, -0.1) is 0 Å². The number of rotatable bonds is 3. The highest BCUT2D eigenvalue weighted by Crippen LogP contribution is 2.33. The van der Waals surface area contributed by atoms with Crippen molar-refractivity contribution < 1.29 is 27.8 Å². The lowest BCUT2D eigenvalue weighted by Crippen LogP contribution is -2.04. The minimum absolute atomic E-state index is 0.147. The monoisotopic (exact) mass is 362 g/mol. The van der Waals surface area contributed by atoms with Crippen molar-refractivity contribution in [2.45, 2.75) is 20.0 Å². The fourth-order valence-corrected chi connectivity index (χ4v) is 2.31. The maximum Gasteiger partial charge on any atom is 0.416 e. The zero-order valence-corrected chi connectivity index (χ0v) is 14.2. The summed E-state index contributed by atoms with van der Waals surface area (Å²) in [5, 5.41) is 10.4. The van der Waals surface area contributed by atoms with Gasteiger partial charge in [-0.2, -0.15) is 13.2 Å². The number of alkyl halides is 3. The van der Waals surface area contributed by atoms with Crippen LogP contribution in [0.15, 0.2) is 60.7 Å². The van der Waals surface area contributed by atoms with Crippen LogP contribution in [0.3, 0.4) is 0 Å². The molecule has 0 aliphatic heterocycles. The van der Waals surface area contributed by atoms with E-state index in [-0.39, 0.29) is 11.3 Å². The van der Waals surface area contributed by atoms with Gasteiger partial charge in [0.25, 0.3) is 0 Å². The summed E-state index contributed by atoms with van der Waals surface area (Å²) >= 11 is 0. The molecule has 26 heavy (non-hydrogen) atoms. The van der Waals surface area contributed by atoms with Crippen LogP contribution in [0.4, 0.5) is 13.2 Å². The fourth-order valence-electron chi connectivity index (χ4n) is 2.31. The van der Waals surface area contributed by atoms with Gasteiger partial charge in [0.2, 0.25) is 0 Å². The molecule has 0 bridgehead atoms. The van der Waals surface area contributed by atoms with E-state index >= 15 is 0 Å². The summed E-state index contributed by atoms with van der Waals surface area (Å²) < 4.78 is 43.4. The van der Waals surface area contributed by atoms with E-state index in [0.717, 1.165) is 12.1 Å². The van der Waals surface area contributed by atoms with Gasteiger partial charge in [-0.1, -0.05) is 26.0 Å². The molecular weight excluding hydrogens is 345 g/mol. The molecule has 3 rings (SSSR count). The summed E-state index contributed by atoms with van der Waals surface area (Å²) in [6, 6.07) is 14.0. The second kappa shape index (κ2) is 7.91. The fraction of sp³-hybridized carbons (Fsp3) is 0.150. The highest BCUT2D eigenvalue weighted by atomic mass is 19.4. The molecule has 3 aromatic carbocycles. The van der Waals surface area contributed by atoms with E-state index in [2.05, 4.69) is 0 Å². The van der Waals surface area contributed by atoms with Gasteiger partial charge in [-0.05, 0) is 53.9 Å². The number of aromatic carboxylic acids is 1. The SMILES string of the molecule is CC.O=C(O)c1ccc2c(Oc3ccc(C(F)(F)F)cc3)cccc2c1. The summed E-state index contributed by atoms with van der Waals surface area (Å²) in [4.78, 5) is 11.0. The molecule has 136 valence electrons. The maximum atomic E-state index is 12.6.